The fraction of sp³-hybridized carbons (Fsp3) is 1.00. The average Bonchev–Trinajstić information content (AvgIpc) is 2.98. The van der Waals surface area contributed by atoms with Crippen molar-refractivity contribution in [1.29, 1.82) is 0 Å². The Morgan fingerprint density at radius 1 is 1.00 bits per heavy atom. The maximum absolute atomic E-state index is 6.10. The van der Waals surface area contributed by atoms with E-state index in [2.05, 4.69) is 5.32 Å². The van der Waals surface area contributed by atoms with Crippen LogP contribution in [-0.4, -0.2) is 38.0 Å². The zero-order chi connectivity index (χ0) is 13.7. The molecule has 1 unspecified atom stereocenters. The van der Waals surface area contributed by atoms with Gasteiger partial charge in [-0.25, -0.2) is 0 Å². The first-order chi connectivity index (χ1) is 9.86. The van der Waals surface area contributed by atoms with Gasteiger partial charge in [0.05, 0.1) is 5.60 Å². The van der Waals surface area contributed by atoms with Gasteiger partial charge in [-0.15, -0.1) is 0 Å². The molecular formula is C17H31NO2. The predicted octanol–water partition coefficient (Wildman–Crippen LogP) is 3.27. The highest BCUT2D eigenvalue weighted by molar-refractivity contribution is 4.91. The highest BCUT2D eigenvalue weighted by Crippen LogP contribution is 2.34. The average molecular weight is 281 g/mol. The summed E-state index contributed by atoms with van der Waals surface area (Å²) in [7, 11) is 0. The van der Waals surface area contributed by atoms with Crippen molar-refractivity contribution in [3.63, 3.8) is 0 Å². The SMILES string of the molecule is C1CCC(CCCNC2CCOC3(CCOCC3)C2)C1. The van der Waals surface area contributed by atoms with E-state index in [0.717, 1.165) is 38.6 Å². The molecule has 0 radical (unpaired) electrons. The van der Waals surface area contributed by atoms with Crippen LogP contribution in [0, 0.1) is 5.92 Å². The van der Waals surface area contributed by atoms with E-state index in [4.69, 9.17) is 9.47 Å². The van der Waals surface area contributed by atoms with Gasteiger partial charge in [0.1, 0.15) is 0 Å². The molecule has 1 saturated carbocycles. The molecule has 3 rings (SSSR count). The van der Waals surface area contributed by atoms with E-state index in [9.17, 15) is 0 Å². The topological polar surface area (TPSA) is 30.5 Å². The standard InChI is InChI=1S/C17H31NO2/c1-2-5-15(4-1)6-3-10-18-16-7-11-20-17(14-16)8-12-19-13-9-17/h15-16,18H,1-14H2. The number of hydrogen-bond acceptors (Lipinski definition) is 3. The third kappa shape index (κ3) is 3.96. The monoisotopic (exact) mass is 281 g/mol. The molecule has 0 aromatic rings. The molecule has 3 nitrogen and oxygen atoms in total. The Morgan fingerprint density at radius 3 is 2.60 bits per heavy atom. The number of hydrogen-bond donors (Lipinski definition) is 1. The summed E-state index contributed by atoms with van der Waals surface area (Å²) in [6.45, 7) is 3.90. The van der Waals surface area contributed by atoms with Crippen LogP contribution in [0.15, 0.2) is 0 Å². The van der Waals surface area contributed by atoms with Crippen LogP contribution in [0.5, 0.6) is 0 Å². The smallest absolute Gasteiger partial charge is 0.0741 e. The van der Waals surface area contributed by atoms with Gasteiger partial charge in [-0.2, -0.15) is 0 Å². The Balaban J connectivity index is 1.34. The van der Waals surface area contributed by atoms with Gasteiger partial charge in [-0.05, 0) is 51.0 Å². The van der Waals surface area contributed by atoms with Gasteiger partial charge >= 0.3 is 0 Å². The second kappa shape index (κ2) is 7.24. The van der Waals surface area contributed by atoms with Crippen molar-refractivity contribution in [2.75, 3.05) is 26.4 Å². The summed E-state index contributed by atoms with van der Waals surface area (Å²) >= 11 is 0. The molecular weight excluding hydrogens is 250 g/mol. The molecule has 2 saturated heterocycles. The lowest BCUT2D eigenvalue weighted by Crippen LogP contribution is -2.50. The zero-order valence-electron chi connectivity index (χ0n) is 12.9. The first kappa shape index (κ1) is 14.8. The molecule has 1 atom stereocenters. The van der Waals surface area contributed by atoms with Crippen molar-refractivity contribution >= 4 is 0 Å². The number of rotatable bonds is 5. The minimum absolute atomic E-state index is 0.139. The zero-order valence-corrected chi connectivity index (χ0v) is 12.9. The second-order valence-corrected chi connectivity index (χ2v) is 7.08. The highest BCUT2D eigenvalue weighted by atomic mass is 16.5. The Morgan fingerprint density at radius 2 is 1.80 bits per heavy atom. The molecule has 20 heavy (non-hydrogen) atoms. The third-order valence-electron chi connectivity index (χ3n) is 5.59. The minimum atomic E-state index is 0.139. The van der Waals surface area contributed by atoms with Crippen molar-refractivity contribution in [3.8, 4) is 0 Å². The van der Waals surface area contributed by atoms with E-state index in [1.54, 1.807) is 0 Å². The summed E-state index contributed by atoms with van der Waals surface area (Å²) < 4.78 is 11.6. The van der Waals surface area contributed by atoms with Gasteiger partial charge in [0.2, 0.25) is 0 Å². The van der Waals surface area contributed by atoms with E-state index < -0.39 is 0 Å². The highest BCUT2D eigenvalue weighted by Gasteiger charge is 2.38. The first-order valence-electron chi connectivity index (χ1n) is 8.81. The van der Waals surface area contributed by atoms with Crippen LogP contribution < -0.4 is 5.32 Å². The lowest BCUT2D eigenvalue weighted by atomic mass is 9.84. The maximum atomic E-state index is 6.10. The molecule has 3 heteroatoms. The van der Waals surface area contributed by atoms with Crippen molar-refractivity contribution in [2.24, 2.45) is 5.92 Å². The van der Waals surface area contributed by atoms with Crippen LogP contribution in [0.1, 0.15) is 64.2 Å². The number of ether oxygens (including phenoxy) is 2. The first-order valence-corrected chi connectivity index (χ1v) is 8.81. The molecule has 0 aromatic heterocycles. The lowest BCUT2D eigenvalue weighted by molar-refractivity contribution is -0.140. The van der Waals surface area contributed by atoms with Crippen molar-refractivity contribution in [2.45, 2.75) is 75.9 Å². The Hall–Kier alpha value is -0.120. The van der Waals surface area contributed by atoms with E-state index >= 15 is 0 Å². The van der Waals surface area contributed by atoms with Gasteiger partial charge in [-0.1, -0.05) is 25.7 Å². The summed E-state index contributed by atoms with van der Waals surface area (Å²) in [5.74, 6) is 1.04. The minimum Gasteiger partial charge on any atom is -0.381 e. The summed E-state index contributed by atoms with van der Waals surface area (Å²) in [6.07, 6.45) is 13.3. The summed E-state index contributed by atoms with van der Waals surface area (Å²) in [5, 5.41) is 3.80. The van der Waals surface area contributed by atoms with Crippen molar-refractivity contribution < 1.29 is 9.47 Å². The van der Waals surface area contributed by atoms with Crippen LogP contribution >= 0.6 is 0 Å². The Bertz CT molecular complexity index is 277. The molecule has 3 fully saturated rings. The molecule has 1 spiro atoms. The summed E-state index contributed by atoms with van der Waals surface area (Å²) in [4.78, 5) is 0. The third-order valence-corrected chi connectivity index (χ3v) is 5.59. The number of nitrogens with one attached hydrogen (secondary N) is 1. The van der Waals surface area contributed by atoms with E-state index in [1.807, 2.05) is 0 Å². The van der Waals surface area contributed by atoms with Crippen LogP contribution in [0.2, 0.25) is 0 Å². The lowest BCUT2D eigenvalue weighted by Gasteiger charge is -2.43. The van der Waals surface area contributed by atoms with E-state index in [-0.39, 0.29) is 5.60 Å². The Labute approximate surface area is 123 Å². The maximum Gasteiger partial charge on any atom is 0.0741 e. The second-order valence-electron chi connectivity index (χ2n) is 7.08. The molecule has 3 aliphatic rings. The van der Waals surface area contributed by atoms with Crippen LogP contribution in [0.3, 0.4) is 0 Å². The largest absolute Gasteiger partial charge is 0.381 e. The van der Waals surface area contributed by atoms with Crippen LogP contribution in [0.25, 0.3) is 0 Å². The van der Waals surface area contributed by atoms with Crippen molar-refractivity contribution in [1.82, 2.24) is 5.32 Å². The van der Waals surface area contributed by atoms with Crippen molar-refractivity contribution in [3.05, 3.63) is 0 Å². The molecule has 1 aliphatic carbocycles. The van der Waals surface area contributed by atoms with Gasteiger partial charge in [0.25, 0.3) is 0 Å². The molecule has 0 bridgehead atoms. The molecule has 2 aliphatic heterocycles. The summed E-state index contributed by atoms with van der Waals surface area (Å²) in [6, 6.07) is 0.672. The molecule has 116 valence electrons. The Kier molecular flexibility index (Phi) is 5.36. The van der Waals surface area contributed by atoms with Gasteiger partial charge < -0.3 is 14.8 Å². The predicted molar refractivity (Wildman–Crippen MR) is 81.0 cm³/mol. The van der Waals surface area contributed by atoms with Crippen LogP contribution in [-0.2, 0) is 9.47 Å². The molecule has 0 amide bonds. The van der Waals surface area contributed by atoms with Gasteiger partial charge in [0.15, 0.2) is 0 Å². The summed E-state index contributed by atoms with van der Waals surface area (Å²) in [5.41, 5.74) is 0.139. The normalized spacial score (nSPS) is 30.9. The quantitative estimate of drug-likeness (QED) is 0.785. The molecule has 1 N–H and O–H groups in total. The molecule has 2 heterocycles. The van der Waals surface area contributed by atoms with E-state index in [1.165, 1.54) is 57.9 Å². The van der Waals surface area contributed by atoms with Gasteiger partial charge in [0, 0.05) is 25.9 Å². The fourth-order valence-corrected chi connectivity index (χ4v) is 4.29. The van der Waals surface area contributed by atoms with Crippen LogP contribution in [0.4, 0.5) is 0 Å². The molecule has 0 aromatic carbocycles. The fourth-order valence-electron chi connectivity index (χ4n) is 4.29. The van der Waals surface area contributed by atoms with E-state index in [0.29, 0.717) is 6.04 Å². The van der Waals surface area contributed by atoms with Gasteiger partial charge in [-0.3, -0.25) is 0 Å².